The number of hydrogen-bond donors (Lipinski definition) is 1. The van der Waals surface area contributed by atoms with Crippen LogP contribution in [0, 0.1) is 0 Å². The number of carbonyl (C=O) groups excluding carboxylic acids is 1. The first kappa shape index (κ1) is 17.9. The van der Waals surface area contributed by atoms with Crippen LogP contribution < -0.4 is 10.1 Å². The fourth-order valence-corrected chi connectivity index (χ4v) is 4.21. The standard InChI is InChI=1S/C21H23N3O2S/c1-14-12-22-20(25)7-8-24(14)13-16-10-15-5-6-17(26-2)11-18(15)23-21(16)19-4-3-9-27-19/h3-6,9-11,14H,7-8,12-13H2,1-2H3,(H,22,25)/t14-/m0/s1. The lowest BCUT2D eigenvalue weighted by Crippen LogP contribution is -2.37. The van der Waals surface area contributed by atoms with Gasteiger partial charge >= 0.3 is 0 Å². The highest BCUT2D eigenvalue weighted by atomic mass is 32.1. The Morgan fingerprint density at radius 1 is 1.33 bits per heavy atom. The van der Waals surface area contributed by atoms with Gasteiger partial charge in [-0.25, -0.2) is 4.98 Å². The quantitative estimate of drug-likeness (QED) is 0.749. The first-order chi connectivity index (χ1) is 13.1. The van der Waals surface area contributed by atoms with Crippen LogP contribution in [0.5, 0.6) is 5.75 Å². The number of fused-ring (bicyclic) bond motifs is 1. The highest BCUT2D eigenvalue weighted by Crippen LogP contribution is 2.31. The molecule has 2 aromatic heterocycles. The van der Waals surface area contributed by atoms with Gasteiger partial charge in [-0.15, -0.1) is 11.3 Å². The van der Waals surface area contributed by atoms with Crippen molar-refractivity contribution in [1.82, 2.24) is 15.2 Å². The number of ether oxygens (including phenoxy) is 1. The lowest BCUT2D eigenvalue weighted by Gasteiger charge is -2.27. The smallest absolute Gasteiger partial charge is 0.221 e. The van der Waals surface area contributed by atoms with Crippen LogP contribution in [0.15, 0.2) is 41.8 Å². The van der Waals surface area contributed by atoms with E-state index in [-0.39, 0.29) is 5.91 Å². The monoisotopic (exact) mass is 381 g/mol. The molecule has 1 N–H and O–H groups in total. The first-order valence-electron chi connectivity index (χ1n) is 9.16. The predicted molar refractivity (Wildman–Crippen MR) is 109 cm³/mol. The second-order valence-corrected chi connectivity index (χ2v) is 7.85. The molecule has 0 saturated carbocycles. The summed E-state index contributed by atoms with van der Waals surface area (Å²) in [6, 6.07) is 12.7. The van der Waals surface area contributed by atoms with Crippen molar-refractivity contribution in [3.63, 3.8) is 0 Å². The van der Waals surface area contributed by atoms with Crippen LogP contribution >= 0.6 is 11.3 Å². The van der Waals surface area contributed by atoms with Crippen LogP contribution in [-0.4, -0.2) is 42.0 Å². The molecule has 1 saturated heterocycles. The van der Waals surface area contributed by atoms with E-state index in [1.54, 1.807) is 18.4 Å². The van der Waals surface area contributed by atoms with Crippen molar-refractivity contribution in [3.8, 4) is 16.3 Å². The maximum absolute atomic E-state index is 11.8. The number of rotatable bonds is 4. The first-order valence-corrected chi connectivity index (χ1v) is 10.0. The average molecular weight is 382 g/mol. The Bertz CT molecular complexity index is 955. The zero-order valence-corrected chi connectivity index (χ0v) is 16.4. The fraction of sp³-hybridized carbons (Fsp3) is 0.333. The van der Waals surface area contributed by atoms with Crippen molar-refractivity contribution < 1.29 is 9.53 Å². The Labute approximate surface area is 163 Å². The summed E-state index contributed by atoms with van der Waals surface area (Å²) >= 11 is 1.70. The number of benzene rings is 1. The van der Waals surface area contributed by atoms with Gasteiger partial charge in [0.25, 0.3) is 0 Å². The van der Waals surface area contributed by atoms with E-state index in [2.05, 4.69) is 46.8 Å². The maximum atomic E-state index is 11.8. The number of nitrogens with zero attached hydrogens (tertiary/aromatic N) is 2. The highest BCUT2D eigenvalue weighted by molar-refractivity contribution is 7.13. The Morgan fingerprint density at radius 3 is 3.00 bits per heavy atom. The second kappa shape index (κ2) is 7.66. The molecule has 0 aliphatic carbocycles. The second-order valence-electron chi connectivity index (χ2n) is 6.91. The summed E-state index contributed by atoms with van der Waals surface area (Å²) in [7, 11) is 1.67. The van der Waals surface area contributed by atoms with E-state index in [0.717, 1.165) is 40.3 Å². The Kier molecular flexibility index (Phi) is 5.09. The number of hydrogen-bond acceptors (Lipinski definition) is 5. The van der Waals surface area contributed by atoms with Gasteiger partial charge in [0.15, 0.2) is 0 Å². The minimum atomic E-state index is 0.131. The zero-order valence-electron chi connectivity index (χ0n) is 15.6. The van der Waals surface area contributed by atoms with Crippen molar-refractivity contribution in [2.45, 2.75) is 25.9 Å². The lowest BCUT2D eigenvalue weighted by atomic mass is 10.1. The van der Waals surface area contributed by atoms with E-state index in [4.69, 9.17) is 9.72 Å². The average Bonchev–Trinajstić information content (AvgIpc) is 3.17. The number of carbonyl (C=O) groups is 1. The minimum absolute atomic E-state index is 0.131. The summed E-state index contributed by atoms with van der Waals surface area (Å²) in [6.07, 6.45) is 0.539. The highest BCUT2D eigenvalue weighted by Gasteiger charge is 2.22. The van der Waals surface area contributed by atoms with Crippen LogP contribution in [0.4, 0.5) is 0 Å². The molecule has 1 fully saturated rings. The molecule has 0 spiro atoms. The molecule has 27 heavy (non-hydrogen) atoms. The summed E-state index contributed by atoms with van der Waals surface area (Å²) in [5.74, 6) is 0.942. The largest absolute Gasteiger partial charge is 0.497 e. The molecule has 6 heteroatoms. The Balaban J connectivity index is 1.76. The van der Waals surface area contributed by atoms with Crippen molar-refractivity contribution in [2.24, 2.45) is 0 Å². The van der Waals surface area contributed by atoms with E-state index in [9.17, 15) is 4.79 Å². The van der Waals surface area contributed by atoms with Gasteiger partial charge in [0, 0.05) is 43.5 Å². The van der Waals surface area contributed by atoms with Gasteiger partial charge < -0.3 is 10.1 Å². The van der Waals surface area contributed by atoms with Crippen molar-refractivity contribution in [1.29, 1.82) is 0 Å². The Morgan fingerprint density at radius 2 is 2.22 bits per heavy atom. The lowest BCUT2D eigenvalue weighted by molar-refractivity contribution is -0.120. The number of amides is 1. The van der Waals surface area contributed by atoms with Crippen LogP contribution in [0.2, 0.25) is 0 Å². The molecule has 1 atom stereocenters. The molecule has 140 valence electrons. The summed E-state index contributed by atoms with van der Waals surface area (Å²) < 4.78 is 5.36. The van der Waals surface area contributed by atoms with Crippen molar-refractivity contribution in [3.05, 3.63) is 47.3 Å². The van der Waals surface area contributed by atoms with Gasteiger partial charge in [-0.3, -0.25) is 9.69 Å². The number of thiophene rings is 1. The van der Waals surface area contributed by atoms with Crippen LogP contribution in [0.25, 0.3) is 21.5 Å². The van der Waals surface area contributed by atoms with Crippen molar-refractivity contribution in [2.75, 3.05) is 20.2 Å². The minimum Gasteiger partial charge on any atom is -0.497 e. The SMILES string of the molecule is COc1ccc2cc(CN3CCC(=O)NC[C@@H]3C)c(-c3cccs3)nc2c1. The third-order valence-corrected chi connectivity index (χ3v) is 5.95. The topological polar surface area (TPSA) is 54.5 Å². The molecule has 1 aromatic carbocycles. The molecule has 0 unspecified atom stereocenters. The molecule has 1 aliphatic rings. The van der Waals surface area contributed by atoms with Gasteiger partial charge in [-0.1, -0.05) is 6.07 Å². The number of nitrogens with one attached hydrogen (secondary N) is 1. The van der Waals surface area contributed by atoms with Gasteiger partial charge in [0.05, 0.1) is 23.2 Å². The maximum Gasteiger partial charge on any atom is 0.221 e. The van der Waals surface area contributed by atoms with E-state index < -0.39 is 0 Å². The van der Waals surface area contributed by atoms with Gasteiger partial charge in [0.2, 0.25) is 5.91 Å². The normalized spacial score (nSPS) is 18.3. The number of pyridine rings is 1. The molecule has 1 aliphatic heterocycles. The molecule has 1 amide bonds. The molecule has 4 rings (SSSR count). The molecule has 5 nitrogen and oxygen atoms in total. The van der Waals surface area contributed by atoms with Gasteiger partial charge in [-0.2, -0.15) is 0 Å². The molecular formula is C21H23N3O2S. The third-order valence-electron chi connectivity index (χ3n) is 5.08. The summed E-state index contributed by atoms with van der Waals surface area (Å²) in [4.78, 5) is 20.3. The summed E-state index contributed by atoms with van der Waals surface area (Å²) in [5, 5.41) is 6.16. The molecule has 3 aromatic rings. The van der Waals surface area contributed by atoms with Gasteiger partial charge in [0.1, 0.15) is 5.75 Å². The van der Waals surface area contributed by atoms with E-state index in [1.807, 2.05) is 12.1 Å². The molecular weight excluding hydrogens is 358 g/mol. The van der Waals surface area contributed by atoms with Crippen LogP contribution in [-0.2, 0) is 11.3 Å². The molecule has 0 bridgehead atoms. The van der Waals surface area contributed by atoms with Gasteiger partial charge in [-0.05, 0) is 42.1 Å². The number of methoxy groups -OCH3 is 1. The fourth-order valence-electron chi connectivity index (χ4n) is 3.46. The summed E-state index contributed by atoms with van der Waals surface area (Å²) in [5.41, 5.74) is 3.14. The van der Waals surface area contributed by atoms with E-state index in [0.29, 0.717) is 19.0 Å². The van der Waals surface area contributed by atoms with Crippen LogP contribution in [0.1, 0.15) is 18.9 Å². The van der Waals surface area contributed by atoms with Crippen molar-refractivity contribution >= 4 is 28.1 Å². The van der Waals surface area contributed by atoms with Crippen LogP contribution in [0.3, 0.4) is 0 Å². The van der Waals surface area contributed by atoms with E-state index in [1.165, 1.54) is 5.56 Å². The molecule has 3 heterocycles. The zero-order chi connectivity index (χ0) is 18.8. The predicted octanol–water partition coefficient (Wildman–Crippen LogP) is 3.68. The van der Waals surface area contributed by atoms with E-state index >= 15 is 0 Å². The number of aromatic nitrogens is 1. The third kappa shape index (κ3) is 3.82. The molecule has 0 radical (unpaired) electrons. The Hall–Kier alpha value is -2.44. The summed E-state index contributed by atoms with van der Waals surface area (Å²) in [6.45, 7) is 4.39.